The summed E-state index contributed by atoms with van der Waals surface area (Å²) in [7, 11) is 0. The lowest BCUT2D eigenvalue weighted by atomic mass is 10.1. The molecule has 12 heavy (non-hydrogen) atoms. The third-order valence-electron chi connectivity index (χ3n) is 1.75. The molecule has 0 bridgehead atoms. The van der Waals surface area contributed by atoms with Gasteiger partial charge >= 0.3 is 0 Å². The lowest BCUT2D eigenvalue weighted by Gasteiger charge is -2.01. The fourth-order valence-corrected chi connectivity index (χ4v) is 1.37. The number of fused-ring (bicyclic) bond motifs is 1. The molecule has 0 saturated heterocycles. The Bertz CT molecular complexity index is 398. The summed E-state index contributed by atoms with van der Waals surface area (Å²) in [5.74, 6) is -0.315. The second-order valence-corrected chi connectivity index (χ2v) is 2.90. The zero-order valence-electron chi connectivity index (χ0n) is 6.04. The number of nitrogens with zero attached hydrogens (tertiary/aromatic N) is 1. The number of halogens is 1. The highest BCUT2D eigenvalue weighted by Gasteiger charge is 2.20. The second kappa shape index (κ2) is 2.32. The smallest absolute Gasteiger partial charge is 0.279 e. The van der Waals surface area contributed by atoms with Crippen molar-refractivity contribution in [3.63, 3.8) is 0 Å². The van der Waals surface area contributed by atoms with Gasteiger partial charge in [-0.15, -0.1) is 0 Å². The Labute approximate surface area is 73.9 Å². The number of benzene rings is 1. The molecule has 1 aliphatic rings. The molecular formula is C8H5ClN2O. The molecule has 0 unspecified atom stereocenters. The van der Waals surface area contributed by atoms with Crippen LogP contribution in [0.3, 0.4) is 0 Å². The van der Waals surface area contributed by atoms with Crippen LogP contribution >= 0.6 is 11.6 Å². The first-order valence-electron chi connectivity index (χ1n) is 3.36. The van der Waals surface area contributed by atoms with E-state index in [9.17, 15) is 4.79 Å². The lowest BCUT2D eigenvalue weighted by molar-refractivity contribution is 0.101. The molecule has 0 spiro atoms. The predicted molar refractivity (Wildman–Crippen MR) is 47.8 cm³/mol. The molecule has 2 N–H and O–H groups in total. The van der Waals surface area contributed by atoms with Crippen LogP contribution in [-0.2, 0) is 0 Å². The van der Waals surface area contributed by atoms with Crippen molar-refractivity contribution in [2.24, 2.45) is 4.99 Å². The molecule has 0 fully saturated rings. The van der Waals surface area contributed by atoms with Crippen molar-refractivity contribution >= 4 is 29.4 Å². The highest BCUT2D eigenvalue weighted by atomic mass is 35.5. The van der Waals surface area contributed by atoms with Crippen molar-refractivity contribution in [1.29, 1.82) is 0 Å². The number of aliphatic imine (C=N–C) groups is 1. The van der Waals surface area contributed by atoms with E-state index >= 15 is 0 Å². The molecule has 1 amide bonds. The van der Waals surface area contributed by atoms with Gasteiger partial charge in [-0.25, -0.2) is 4.99 Å². The first kappa shape index (κ1) is 7.31. The van der Waals surface area contributed by atoms with Crippen LogP contribution in [0.25, 0.3) is 0 Å². The van der Waals surface area contributed by atoms with Crippen LogP contribution in [0.1, 0.15) is 15.9 Å². The Balaban J connectivity index is 2.79. The number of hydrogen-bond donors (Lipinski definition) is 1. The van der Waals surface area contributed by atoms with Gasteiger partial charge in [-0.3, -0.25) is 4.79 Å². The lowest BCUT2D eigenvalue weighted by Crippen LogP contribution is -1.99. The molecule has 4 heteroatoms. The fraction of sp³-hybridized carbons (Fsp3) is 0. The van der Waals surface area contributed by atoms with Gasteiger partial charge in [0, 0.05) is 17.5 Å². The number of nitrogen functional groups attached to an aromatic ring is 1. The molecule has 1 aliphatic heterocycles. The van der Waals surface area contributed by atoms with Crippen LogP contribution in [-0.4, -0.2) is 12.1 Å². The van der Waals surface area contributed by atoms with Crippen molar-refractivity contribution < 1.29 is 4.79 Å². The Morgan fingerprint density at radius 1 is 1.42 bits per heavy atom. The van der Waals surface area contributed by atoms with Gasteiger partial charge in [0.2, 0.25) is 0 Å². The molecule has 1 aromatic rings. The number of nitrogens with two attached hydrogens (primary N) is 1. The monoisotopic (exact) mass is 180 g/mol. The highest BCUT2D eigenvalue weighted by molar-refractivity contribution is 6.35. The maximum atomic E-state index is 11.1. The number of carbonyl (C=O) groups is 1. The van der Waals surface area contributed by atoms with Gasteiger partial charge in [0.15, 0.2) is 0 Å². The summed E-state index contributed by atoms with van der Waals surface area (Å²) in [5.41, 5.74) is 7.04. The number of anilines is 1. The van der Waals surface area contributed by atoms with Crippen LogP contribution in [0.4, 0.5) is 5.69 Å². The van der Waals surface area contributed by atoms with E-state index in [1.165, 1.54) is 6.21 Å². The van der Waals surface area contributed by atoms with Gasteiger partial charge in [-0.2, -0.15) is 0 Å². The fourth-order valence-electron chi connectivity index (χ4n) is 1.16. The molecule has 0 aromatic heterocycles. The molecular weight excluding hydrogens is 176 g/mol. The van der Waals surface area contributed by atoms with E-state index in [2.05, 4.69) is 4.99 Å². The summed E-state index contributed by atoms with van der Waals surface area (Å²) in [6.45, 7) is 0. The Kier molecular flexibility index (Phi) is 1.41. The number of rotatable bonds is 0. The topological polar surface area (TPSA) is 55.5 Å². The Morgan fingerprint density at radius 2 is 2.17 bits per heavy atom. The van der Waals surface area contributed by atoms with Crippen LogP contribution in [0.2, 0.25) is 5.02 Å². The first-order valence-corrected chi connectivity index (χ1v) is 3.74. The molecule has 0 atom stereocenters. The zero-order chi connectivity index (χ0) is 8.72. The summed E-state index contributed by atoms with van der Waals surface area (Å²) in [5, 5.41) is 0.508. The predicted octanol–water partition coefficient (Wildman–Crippen LogP) is 1.49. The average molecular weight is 181 g/mol. The van der Waals surface area contributed by atoms with Crippen molar-refractivity contribution in [2.75, 3.05) is 5.73 Å². The minimum atomic E-state index is -0.315. The molecule has 60 valence electrons. The van der Waals surface area contributed by atoms with Crippen molar-refractivity contribution in [2.45, 2.75) is 0 Å². The van der Waals surface area contributed by atoms with Gasteiger partial charge < -0.3 is 5.73 Å². The Hall–Kier alpha value is -1.35. The van der Waals surface area contributed by atoms with Crippen LogP contribution in [0.5, 0.6) is 0 Å². The van der Waals surface area contributed by atoms with Gasteiger partial charge in [0.05, 0.1) is 10.6 Å². The van der Waals surface area contributed by atoms with E-state index in [1.807, 2.05) is 0 Å². The quantitative estimate of drug-likeness (QED) is 0.615. The Morgan fingerprint density at radius 3 is 2.83 bits per heavy atom. The van der Waals surface area contributed by atoms with E-state index in [-0.39, 0.29) is 5.91 Å². The van der Waals surface area contributed by atoms with Crippen molar-refractivity contribution in [3.8, 4) is 0 Å². The van der Waals surface area contributed by atoms with E-state index in [4.69, 9.17) is 17.3 Å². The molecule has 2 rings (SSSR count). The molecule has 1 aromatic carbocycles. The molecule has 0 saturated carbocycles. The SMILES string of the molecule is Nc1ccc(Cl)c2c1C(=O)N=C2. The number of carbonyl (C=O) groups excluding carboxylic acids is 1. The zero-order valence-corrected chi connectivity index (χ0v) is 6.80. The number of hydrogen-bond acceptors (Lipinski definition) is 2. The number of amides is 1. The van der Waals surface area contributed by atoms with Crippen molar-refractivity contribution in [3.05, 3.63) is 28.3 Å². The summed E-state index contributed by atoms with van der Waals surface area (Å²) >= 11 is 5.81. The molecule has 0 radical (unpaired) electrons. The van der Waals surface area contributed by atoms with Gasteiger partial charge in [0.1, 0.15) is 0 Å². The summed E-state index contributed by atoms with van der Waals surface area (Å²) < 4.78 is 0. The van der Waals surface area contributed by atoms with E-state index in [0.717, 1.165) is 0 Å². The molecule has 0 aliphatic carbocycles. The van der Waals surface area contributed by atoms with E-state index in [1.54, 1.807) is 12.1 Å². The highest BCUT2D eigenvalue weighted by Crippen LogP contribution is 2.27. The van der Waals surface area contributed by atoms with Gasteiger partial charge in [-0.05, 0) is 12.1 Å². The third kappa shape index (κ3) is 0.833. The molecule has 3 nitrogen and oxygen atoms in total. The summed E-state index contributed by atoms with van der Waals surface area (Å²) in [6.07, 6.45) is 1.44. The maximum absolute atomic E-state index is 11.1. The third-order valence-corrected chi connectivity index (χ3v) is 2.08. The van der Waals surface area contributed by atoms with Crippen LogP contribution in [0, 0.1) is 0 Å². The summed E-state index contributed by atoms with van der Waals surface area (Å²) in [6, 6.07) is 3.26. The minimum absolute atomic E-state index is 0.315. The second-order valence-electron chi connectivity index (χ2n) is 2.49. The standard InChI is InChI=1S/C8H5ClN2O/c9-5-1-2-6(10)7-4(5)3-11-8(7)12/h1-3H,10H2. The minimum Gasteiger partial charge on any atom is -0.398 e. The largest absolute Gasteiger partial charge is 0.398 e. The van der Waals surface area contributed by atoms with Gasteiger partial charge in [0.25, 0.3) is 5.91 Å². The summed E-state index contributed by atoms with van der Waals surface area (Å²) in [4.78, 5) is 14.7. The average Bonchev–Trinajstić information content (AvgIpc) is 2.42. The van der Waals surface area contributed by atoms with Crippen LogP contribution in [0.15, 0.2) is 17.1 Å². The van der Waals surface area contributed by atoms with E-state index < -0.39 is 0 Å². The van der Waals surface area contributed by atoms with Gasteiger partial charge in [-0.1, -0.05) is 11.6 Å². The first-order chi connectivity index (χ1) is 5.70. The van der Waals surface area contributed by atoms with Crippen LogP contribution < -0.4 is 5.73 Å². The molecule has 1 heterocycles. The maximum Gasteiger partial charge on any atom is 0.279 e. The van der Waals surface area contributed by atoms with Crippen molar-refractivity contribution in [1.82, 2.24) is 0 Å². The van der Waals surface area contributed by atoms with E-state index in [0.29, 0.717) is 21.8 Å². The normalized spacial score (nSPS) is 13.6.